The number of hydrogen-bond acceptors (Lipinski definition) is 7. The van der Waals surface area contributed by atoms with Crippen LogP contribution in [0.1, 0.15) is 33.1 Å². The van der Waals surface area contributed by atoms with Gasteiger partial charge in [-0.1, -0.05) is 13.8 Å². The van der Waals surface area contributed by atoms with E-state index in [4.69, 9.17) is 0 Å². The lowest BCUT2D eigenvalue weighted by atomic mass is 10.2. The Balaban J connectivity index is 2.81. The number of rotatable bonds is 9. The molecule has 0 radical (unpaired) electrons. The molecule has 0 saturated heterocycles. The molecule has 1 aromatic rings. The minimum atomic E-state index is -0.503. The number of aliphatic hydroxyl groups is 1. The summed E-state index contributed by atoms with van der Waals surface area (Å²) in [6.07, 6.45) is 2.86. The maximum absolute atomic E-state index is 11.2. The van der Waals surface area contributed by atoms with E-state index in [9.17, 15) is 15.2 Å². The van der Waals surface area contributed by atoms with Crippen LogP contribution in [-0.4, -0.2) is 39.2 Å². The van der Waals surface area contributed by atoms with E-state index in [0.29, 0.717) is 25.9 Å². The molecule has 8 heteroatoms. The molecular weight excluding hydrogens is 262 g/mol. The molecule has 0 spiro atoms. The molecule has 0 bridgehead atoms. The van der Waals surface area contributed by atoms with Gasteiger partial charge in [-0.3, -0.25) is 10.1 Å². The SMILES string of the molecule is CCCNc1ncnc(NCCC(O)CC)c1[N+](=O)[O-]. The lowest BCUT2D eigenvalue weighted by molar-refractivity contribution is -0.383. The van der Waals surface area contributed by atoms with Crippen molar-refractivity contribution in [3.8, 4) is 0 Å². The molecule has 1 atom stereocenters. The first-order valence-electron chi connectivity index (χ1n) is 6.75. The number of nitrogens with one attached hydrogen (secondary N) is 2. The number of aromatic nitrogens is 2. The molecule has 0 saturated carbocycles. The zero-order chi connectivity index (χ0) is 15.0. The predicted molar refractivity (Wildman–Crippen MR) is 76.9 cm³/mol. The first kappa shape index (κ1) is 16.1. The molecule has 0 amide bonds. The summed E-state index contributed by atoms with van der Waals surface area (Å²) in [6, 6.07) is 0. The maximum atomic E-state index is 11.2. The first-order chi connectivity index (χ1) is 9.60. The molecule has 112 valence electrons. The van der Waals surface area contributed by atoms with Crippen molar-refractivity contribution in [2.45, 2.75) is 39.2 Å². The summed E-state index contributed by atoms with van der Waals surface area (Å²) >= 11 is 0. The molecule has 1 aromatic heterocycles. The Labute approximate surface area is 117 Å². The smallest absolute Gasteiger partial charge is 0.353 e. The molecule has 1 rings (SSSR count). The number of nitro groups is 1. The third-order valence-corrected chi connectivity index (χ3v) is 2.79. The second-order valence-corrected chi connectivity index (χ2v) is 4.38. The zero-order valence-corrected chi connectivity index (χ0v) is 11.8. The van der Waals surface area contributed by atoms with E-state index in [1.807, 2.05) is 13.8 Å². The molecule has 0 aliphatic heterocycles. The van der Waals surface area contributed by atoms with Gasteiger partial charge in [-0.25, -0.2) is 9.97 Å². The third kappa shape index (κ3) is 4.61. The van der Waals surface area contributed by atoms with Crippen LogP contribution >= 0.6 is 0 Å². The lowest BCUT2D eigenvalue weighted by Gasteiger charge is -2.11. The number of nitrogens with zero attached hydrogens (tertiary/aromatic N) is 3. The Hall–Kier alpha value is -1.96. The average molecular weight is 283 g/mol. The van der Waals surface area contributed by atoms with Gasteiger partial charge in [0, 0.05) is 13.1 Å². The Morgan fingerprint density at radius 3 is 2.40 bits per heavy atom. The fourth-order valence-corrected chi connectivity index (χ4v) is 1.62. The zero-order valence-electron chi connectivity index (χ0n) is 11.8. The highest BCUT2D eigenvalue weighted by Crippen LogP contribution is 2.28. The van der Waals surface area contributed by atoms with Gasteiger partial charge in [0.25, 0.3) is 0 Å². The fraction of sp³-hybridized carbons (Fsp3) is 0.667. The van der Waals surface area contributed by atoms with Crippen LogP contribution in [0.3, 0.4) is 0 Å². The van der Waals surface area contributed by atoms with E-state index in [1.54, 1.807) is 0 Å². The van der Waals surface area contributed by atoms with E-state index >= 15 is 0 Å². The molecular formula is C12H21N5O3. The number of aliphatic hydroxyl groups excluding tert-OH is 1. The molecule has 1 unspecified atom stereocenters. The number of hydrogen-bond donors (Lipinski definition) is 3. The Bertz CT molecular complexity index is 441. The maximum Gasteiger partial charge on any atom is 0.353 e. The highest BCUT2D eigenvalue weighted by atomic mass is 16.6. The first-order valence-corrected chi connectivity index (χ1v) is 6.75. The van der Waals surface area contributed by atoms with Crippen LogP contribution in [0.5, 0.6) is 0 Å². The molecule has 0 aliphatic rings. The van der Waals surface area contributed by atoms with E-state index < -0.39 is 11.0 Å². The van der Waals surface area contributed by atoms with Gasteiger partial charge in [0.2, 0.25) is 11.6 Å². The molecule has 3 N–H and O–H groups in total. The second kappa shape index (κ2) is 8.26. The second-order valence-electron chi connectivity index (χ2n) is 4.38. The van der Waals surface area contributed by atoms with Crippen LogP contribution < -0.4 is 10.6 Å². The summed E-state index contributed by atoms with van der Waals surface area (Å²) in [4.78, 5) is 18.5. The van der Waals surface area contributed by atoms with Gasteiger partial charge in [-0.05, 0) is 19.3 Å². The highest BCUT2D eigenvalue weighted by molar-refractivity contribution is 5.69. The summed E-state index contributed by atoms with van der Waals surface area (Å²) in [7, 11) is 0. The van der Waals surface area contributed by atoms with Crippen molar-refractivity contribution in [1.82, 2.24) is 9.97 Å². The van der Waals surface area contributed by atoms with Crippen LogP contribution in [0.4, 0.5) is 17.3 Å². The van der Waals surface area contributed by atoms with E-state index in [2.05, 4.69) is 20.6 Å². The molecule has 1 heterocycles. The molecule has 0 aromatic carbocycles. The average Bonchev–Trinajstić information content (AvgIpc) is 2.44. The van der Waals surface area contributed by atoms with Crippen molar-refractivity contribution in [2.75, 3.05) is 23.7 Å². The summed E-state index contributed by atoms with van der Waals surface area (Å²) in [5, 5.41) is 26.4. The summed E-state index contributed by atoms with van der Waals surface area (Å²) < 4.78 is 0. The van der Waals surface area contributed by atoms with Crippen LogP contribution in [0.25, 0.3) is 0 Å². The van der Waals surface area contributed by atoms with E-state index in [-0.39, 0.29) is 17.3 Å². The van der Waals surface area contributed by atoms with Gasteiger partial charge in [-0.2, -0.15) is 0 Å². The summed E-state index contributed by atoms with van der Waals surface area (Å²) in [5.41, 5.74) is -0.160. The largest absolute Gasteiger partial charge is 0.393 e. The molecule has 20 heavy (non-hydrogen) atoms. The van der Waals surface area contributed by atoms with Gasteiger partial charge < -0.3 is 15.7 Å². The van der Waals surface area contributed by atoms with Crippen molar-refractivity contribution in [2.24, 2.45) is 0 Å². The van der Waals surface area contributed by atoms with Crippen molar-refractivity contribution in [1.29, 1.82) is 0 Å². The normalized spacial score (nSPS) is 11.9. The fourth-order valence-electron chi connectivity index (χ4n) is 1.62. The topological polar surface area (TPSA) is 113 Å². The van der Waals surface area contributed by atoms with Crippen molar-refractivity contribution in [3.05, 3.63) is 16.4 Å². The minimum Gasteiger partial charge on any atom is -0.393 e. The van der Waals surface area contributed by atoms with Crippen LogP contribution in [0.2, 0.25) is 0 Å². The Morgan fingerprint density at radius 1 is 1.30 bits per heavy atom. The molecule has 8 nitrogen and oxygen atoms in total. The van der Waals surface area contributed by atoms with E-state index in [0.717, 1.165) is 6.42 Å². The number of anilines is 2. The van der Waals surface area contributed by atoms with Gasteiger partial charge in [0.15, 0.2) is 0 Å². The van der Waals surface area contributed by atoms with E-state index in [1.165, 1.54) is 6.33 Å². The van der Waals surface area contributed by atoms with Crippen molar-refractivity contribution >= 4 is 17.3 Å². The molecule has 0 aliphatic carbocycles. The van der Waals surface area contributed by atoms with Crippen molar-refractivity contribution < 1.29 is 10.0 Å². The monoisotopic (exact) mass is 283 g/mol. The van der Waals surface area contributed by atoms with Gasteiger partial charge >= 0.3 is 5.69 Å². The third-order valence-electron chi connectivity index (χ3n) is 2.79. The minimum absolute atomic E-state index is 0.160. The Kier molecular flexibility index (Phi) is 6.65. The highest BCUT2D eigenvalue weighted by Gasteiger charge is 2.22. The molecule has 0 fully saturated rings. The standard InChI is InChI=1S/C12H21N5O3/c1-3-6-13-11-10(17(19)20)12(16-8-15-11)14-7-5-9(18)4-2/h8-9,18H,3-7H2,1-2H3,(H2,13,14,15,16). The van der Waals surface area contributed by atoms with Crippen LogP contribution in [0.15, 0.2) is 6.33 Å². The lowest BCUT2D eigenvalue weighted by Crippen LogP contribution is -2.15. The van der Waals surface area contributed by atoms with Crippen LogP contribution in [0, 0.1) is 10.1 Å². The van der Waals surface area contributed by atoms with Crippen molar-refractivity contribution in [3.63, 3.8) is 0 Å². The summed E-state index contributed by atoms with van der Waals surface area (Å²) in [6.45, 7) is 4.86. The Morgan fingerprint density at radius 2 is 1.90 bits per heavy atom. The quantitative estimate of drug-likeness (QED) is 0.467. The predicted octanol–water partition coefficient (Wildman–Crippen LogP) is 1.78. The van der Waals surface area contributed by atoms with Crippen LogP contribution in [-0.2, 0) is 0 Å². The summed E-state index contributed by atoms with van der Waals surface area (Å²) in [5.74, 6) is 0.386. The van der Waals surface area contributed by atoms with Gasteiger partial charge in [-0.15, -0.1) is 0 Å². The van der Waals surface area contributed by atoms with Gasteiger partial charge in [0.05, 0.1) is 11.0 Å². The van der Waals surface area contributed by atoms with Gasteiger partial charge in [0.1, 0.15) is 6.33 Å².